The Kier molecular flexibility index (Phi) is 2.41. The first-order valence-electron chi connectivity index (χ1n) is 5.51. The maximum atomic E-state index is 12.0. The molecule has 0 aliphatic carbocycles. The lowest BCUT2D eigenvalue weighted by molar-refractivity contribution is -0.119. The molecule has 3 N–H and O–H groups in total. The van der Waals surface area contributed by atoms with Crippen LogP contribution in [-0.4, -0.2) is 26.6 Å². The monoisotopic (exact) mass is 231 g/mol. The molecule has 3 heterocycles. The van der Waals surface area contributed by atoms with Gasteiger partial charge in [0.2, 0.25) is 0 Å². The molecule has 1 unspecified atom stereocenters. The number of nitrogens with one attached hydrogen (secondary N) is 3. The average Bonchev–Trinajstić information content (AvgIpc) is 2.97. The van der Waals surface area contributed by atoms with E-state index in [-0.39, 0.29) is 11.9 Å². The number of imidazole rings is 1. The van der Waals surface area contributed by atoms with Gasteiger partial charge in [0.25, 0.3) is 5.91 Å². The summed E-state index contributed by atoms with van der Waals surface area (Å²) in [6.45, 7) is 0.652. The zero-order valence-corrected chi connectivity index (χ0v) is 9.18. The topological polar surface area (TPSA) is 74.7 Å². The van der Waals surface area contributed by atoms with Gasteiger partial charge in [-0.3, -0.25) is 20.2 Å². The maximum Gasteiger partial charge on any atom is 0.256 e. The average molecular weight is 231 g/mol. The number of aromatic amines is 1. The van der Waals surface area contributed by atoms with Crippen molar-refractivity contribution in [2.75, 3.05) is 5.43 Å². The van der Waals surface area contributed by atoms with E-state index < -0.39 is 0 Å². The Morgan fingerprint density at radius 3 is 3.12 bits per heavy atom. The van der Waals surface area contributed by atoms with Crippen LogP contribution in [0, 0.1) is 0 Å². The lowest BCUT2D eigenvalue weighted by Gasteiger charge is -2.22. The van der Waals surface area contributed by atoms with Gasteiger partial charge in [-0.1, -0.05) is 0 Å². The molecule has 1 amide bonds. The van der Waals surface area contributed by atoms with Crippen molar-refractivity contribution in [3.63, 3.8) is 0 Å². The predicted molar refractivity (Wildman–Crippen MR) is 61.7 cm³/mol. The molecule has 0 saturated carbocycles. The standard InChI is InChI=1S/C11H13N5O/c17-11(15-16-3-1-2-4-16)9-5-8-10(6-12-9)14-7-13-8/h1-4,7,9,12H,5-6H2,(H,13,14)(H,15,17). The number of H-pyrrole nitrogens is 1. The molecule has 1 atom stereocenters. The van der Waals surface area contributed by atoms with E-state index in [9.17, 15) is 4.79 Å². The molecule has 6 nitrogen and oxygen atoms in total. The van der Waals surface area contributed by atoms with Crippen LogP contribution in [0.25, 0.3) is 0 Å². The van der Waals surface area contributed by atoms with Gasteiger partial charge in [-0.15, -0.1) is 0 Å². The Morgan fingerprint density at radius 1 is 1.47 bits per heavy atom. The molecule has 0 aromatic carbocycles. The van der Waals surface area contributed by atoms with Gasteiger partial charge in [-0.25, -0.2) is 4.98 Å². The molecule has 6 heteroatoms. The van der Waals surface area contributed by atoms with Gasteiger partial charge in [0.15, 0.2) is 0 Å². The van der Waals surface area contributed by atoms with Crippen molar-refractivity contribution < 1.29 is 4.79 Å². The highest BCUT2D eigenvalue weighted by molar-refractivity contribution is 5.89. The van der Waals surface area contributed by atoms with Crippen LogP contribution < -0.4 is 10.7 Å². The van der Waals surface area contributed by atoms with Gasteiger partial charge in [0.1, 0.15) is 0 Å². The minimum Gasteiger partial charge on any atom is -0.347 e. The molecule has 88 valence electrons. The summed E-state index contributed by atoms with van der Waals surface area (Å²) >= 11 is 0. The van der Waals surface area contributed by atoms with E-state index in [4.69, 9.17) is 0 Å². The molecular weight excluding hydrogens is 218 g/mol. The summed E-state index contributed by atoms with van der Waals surface area (Å²) in [6.07, 6.45) is 5.87. The van der Waals surface area contributed by atoms with Gasteiger partial charge in [-0.2, -0.15) is 0 Å². The van der Waals surface area contributed by atoms with Crippen molar-refractivity contribution in [3.8, 4) is 0 Å². The van der Waals surface area contributed by atoms with Gasteiger partial charge >= 0.3 is 0 Å². The summed E-state index contributed by atoms with van der Waals surface area (Å²) in [4.78, 5) is 19.2. The smallest absolute Gasteiger partial charge is 0.256 e. The summed E-state index contributed by atoms with van der Waals surface area (Å²) in [5, 5.41) is 3.18. The van der Waals surface area contributed by atoms with Gasteiger partial charge in [-0.05, 0) is 12.1 Å². The highest BCUT2D eigenvalue weighted by atomic mass is 16.2. The van der Waals surface area contributed by atoms with Crippen molar-refractivity contribution in [2.24, 2.45) is 0 Å². The Balaban J connectivity index is 1.68. The zero-order chi connectivity index (χ0) is 11.7. The van der Waals surface area contributed by atoms with E-state index in [2.05, 4.69) is 20.7 Å². The first kappa shape index (κ1) is 10.1. The molecule has 3 rings (SSSR count). The summed E-state index contributed by atoms with van der Waals surface area (Å²) in [5.74, 6) is -0.0464. The van der Waals surface area contributed by atoms with Crippen molar-refractivity contribution in [2.45, 2.75) is 19.0 Å². The quantitative estimate of drug-likeness (QED) is 0.681. The first-order chi connectivity index (χ1) is 8.33. The number of amides is 1. The van der Waals surface area contributed by atoms with Crippen molar-refractivity contribution in [1.82, 2.24) is 20.0 Å². The second kappa shape index (κ2) is 4.06. The molecule has 0 saturated heterocycles. The lowest BCUT2D eigenvalue weighted by atomic mass is 10.1. The van der Waals surface area contributed by atoms with E-state index in [1.54, 1.807) is 23.4 Å². The lowest BCUT2D eigenvalue weighted by Crippen LogP contribution is -2.46. The number of carbonyl (C=O) groups is 1. The number of hydrogen-bond acceptors (Lipinski definition) is 3. The minimum atomic E-state index is -0.229. The molecule has 0 fully saturated rings. The largest absolute Gasteiger partial charge is 0.347 e. The third-order valence-corrected chi connectivity index (χ3v) is 2.89. The van der Waals surface area contributed by atoms with Crippen LogP contribution in [0.3, 0.4) is 0 Å². The minimum absolute atomic E-state index is 0.0464. The molecule has 0 spiro atoms. The maximum absolute atomic E-state index is 12.0. The number of rotatable bonds is 2. The molecule has 2 aromatic rings. The van der Waals surface area contributed by atoms with Gasteiger partial charge in [0, 0.05) is 25.4 Å². The van der Waals surface area contributed by atoms with E-state index >= 15 is 0 Å². The molecular formula is C11H13N5O. The van der Waals surface area contributed by atoms with Crippen LogP contribution in [0.5, 0.6) is 0 Å². The van der Waals surface area contributed by atoms with E-state index in [1.807, 2.05) is 12.1 Å². The fourth-order valence-electron chi connectivity index (χ4n) is 1.97. The van der Waals surface area contributed by atoms with Crippen LogP contribution in [0.1, 0.15) is 11.4 Å². The second-order valence-corrected chi connectivity index (χ2v) is 4.03. The Hall–Kier alpha value is -2.08. The number of aromatic nitrogens is 3. The van der Waals surface area contributed by atoms with E-state index in [0.717, 1.165) is 11.4 Å². The molecule has 0 bridgehead atoms. The summed E-state index contributed by atoms with van der Waals surface area (Å²) in [5.41, 5.74) is 4.83. The predicted octanol–water partition coefficient (Wildman–Crippen LogP) is -0.00420. The van der Waals surface area contributed by atoms with E-state index in [1.165, 1.54) is 0 Å². The van der Waals surface area contributed by atoms with Crippen molar-refractivity contribution in [1.29, 1.82) is 0 Å². The van der Waals surface area contributed by atoms with Crippen molar-refractivity contribution >= 4 is 5.91 Å². The number of nitrogens with zero attached hydrogens (tertiary/aromatic N) is 2. The normalized spacial score (nSPS) is 18.7. The van der Waals surface area contributed by atoms with Crippen LogP contribution in [-0.2, 0) is 17.8 Å². The summed E-state index contributed by atoms with van der Waals surface area (Å²) in [7, 11) is 0. The third kappa shape index (κ3) is 1.94. The molecule has 17 heavy (non-hydrogen) atoms. The summed E-state index contributed by atoms with van der Waals surface area (Å²) in [6, 6.07) is 3.49. The Morgan fingerprint density at radius 2 is 2.29 bits per heavy atom. The van der Waals surface area contributed by atoms with Crippen LogP contribution in [0.4, 0.5) is 0 Å². The second-order valence-electron chi connectivity index (χ2n) is 4.03. The Labute approximate surface area is 98.0 Å². The Bertz CT molecular complexity index is 516. The molecule has 0 radical (unpaired) electrons. The molecule has 1 aliphatic rings. The number of hydrogen-bond donors (Lipinski definition) is 3. The van der Waals surface area contributed by atoms with E-state index in [0.29, 0.717) is 13.0 Å². The van der Waals surface area contributed by atoms with Gasteiger partial charge < -0.3 is 4.98 Å². The highest BCUT2D eigenvalue weighted by Gasteiger charge is 2.25. The summed E-state index contributed by atoms with van der Waals surface area (Å²) < 4.78 is 1.64. The van der Waals surface area contributed by atoms with Crippen LogP contribution >= 0.6 is 0 Å². The van der Waals surface area contributed by atoms with Crippen LogP contribution in [0.2, 0.25) is 0 Å². The van der Waals surface area contributed by atoms with Crippen molar-refractivity contribution in [3.05, 3.63) is 42.2 Å². The number of carbonyl (C=O) groups excluding carboxylic acids is 1. The SMILES string of the molecule is O=C(Nn1cccc1)C1Cc2nc[nH]c2CN1. The number of fused-ring (bicyclic) bond motifs is 1. The highest BCUT2D eigenvalue weighted by Crippen LogP contribution is 2.12. The fourth-order valence-corrected chi connectivity index (χ4v) is 1.97. The fraction of sp³-hybridized carbons (Fsp3) is 0.273. The molecule has 2 aromatic heterocycles. The van der Waals surface area contributed by atoms with Gasteiger partial charge in [0.05, 0.1) is 23.8 Å². The molecule has 1 aliphatic heterocycles. The third-order valence-electron chi connectivity index (χ3n) is 2.89. The van der Waals surface area contributed by atoms with Crippen LogP contribution in [0.15, 0.2) is 30.9 Å². The zero-order valence-electron chi connectivity index (χ0n) is 9.18. The first-order valence-corrected chi connectivity index (χ1v) is 5.51.